The predicted molar refractivity (Wildman–Crippen MR) is 109 cm³/mol. The van der Waals surface area contributed by atoms with Gasteiger partial charge in [0, 0.05) is 36.1 Å². The summed E-state index contributed by atoms with van der Waals surface area (Å²) in [6, 6.07) is 13.5. The van der Waals surface area contributed by atoms with Crippen LogP contribution < -0.4 is 14.8 Å². The van der Waals surface area contributed by atoms with Gasteiger partial charge >= 0.3 is 0 Å². The van der Waals surface area contributed by atoms with Crippen molar-refractivity contribution in [2.45, 2.75) is 56.9 Å². The lowest BCUT2D eigenvalue weighted by Gasteiger charge is -2.40. The Morgan fingerprint density at radius 2 is 1.93 bits per heavy atom. The van der Waals surface area contributed by atoms with E-state index in [-0.39, 0.29) is 6.10 Å². The van der Waals surface area contributed by atoms with Crippen molar-refractivity contribution in [2.24, 2.45) is 0 Å². The number of rotatable bonds is 3. The van der Waals surface area contributed by atoms with Crippen LogP contribution in [-0.4, -0.2) is 33.0 Å². The van der Waals surface area contributed by atoms with Crippen molar-refractivity contribution in [3.05, 3.63) is 54.4 Å². The zero-order valence-electron chi connectivity index (χ0n) is 16.3. The molecule has 2 aromatic heterocycles. The molecule has 0 saturated carbocycles. The first kappa shape index (κ1) is 17.0. The highest BCUT2D eigenvalue weighted by Gasteiger charge is 2.32. The molecule has 6 nitrogen and oxygen atoms in total. The van der Waals surface area contributed by atoms with Crippen LogP contribution in [0.15, 0.2) is 48.8 Å². The first-order chi connectivity index (χ1) is 14.3. The van der Waals surface area contributed by atoms with Crippen LogP contribution in [0.5, 0.6) is 11.8 Å². The lowest BCUT2D eigenvalue weighted by molar-refractivity contribution is 0.0881. The fraction of sp³-hybridized carbons (Fsp3) is 0.391. The lowest BCUT2D eigenvalue weighted by atomic mass is 9.85. The summed E-state index contributed by atoms with van der Waals surface area (Å²) in [5.74, 6) is 1.33. The highest BCUT2D eigenvalue weighted by molar-refractivity contribution is 5.74. The maximum atomic E-state index is 6.27. The summed E-state index contributed by atoms with van der Waals surface area (Å²) in [4.78, 5) is 4.69. The van der Waals surface area contributed by atoms with Gasteiger partial charge in [-0.1, -0.05) is 12.5 Å². The first-order valence-electron chi connectivity index (χ1n) is 10.5. The summed E-state index contributed by atoms with van der Waals surface area (Å²) in [6.07, 6.45) is 9.95. The molecular weight excluding hydrogens is 364 g/mol. The van der Waals surface area contributed by atoms with E-state index in [1.165, 1.54) is 19.3 Å². The SMILES string of the molecule is c1cnn(-c2ccc3c(c2)COc2nc(OC4CC5CCCC(C4)N5)ccc2-3)c1. The molecule has 3 aromatic rings. The molecule has 1 N–H and O–H groups in total. The molecule has 6 heteroatoms. The van der Waals surface area contributed by atoms with Crippen molar-refractivity contribution < 1.29 is 9.47 Å². The number of nitrogens with one attached hydrogen (secondary N) is 1. The average Bonchev–Trinajstić information content (AvgIpc) is 3.28. The van der Waals surface area contributed by atoms with Crippen LogP contribution >= 0.6 is 0 Å². The highest BCUT2D eigenvalue weighted by atomic mass is 16.5. The minimum absolute atomic E-state index is 0.240. The van der Waals surface area contributed by atoms with Crippen molar-refractivity contribution in [3.63, 3.8) is 0 Å². The number of hydrogen-bond acceptors (Lipinski definition) is 5. The van der Waals surface area contributed by atoms with Crippen LogP contribution in [0.3, 0.4) is 0 Å². The third-order valence-corrected chi connectivity index (χ3v) is 6.31. The Bertz CT molecular complexity index is 1020. The average molecular weight is 388 g/mol. The third kappa shape index (κ3) is 3.17. The van der Waals surface area contributed by atoms with Gasteiger partial charge in [0.05, 0.1) is 5.69 Å². The minimum atomic E-state index is 0.240. The summed E-state index contributed by atoms with van der Waals surface area (Å²) in [7, 11) is 0. The van der Waals surface area contributed by atoms with Crippen molar-refractivity contribution in [3.8, 4) is 28.6 Å². The van der Waals surface area contributed by atoms with Gasteiger partial charge in [0.15, 0.2) is 0 Å². The van der Waals surface area contributed by atoms with Crippen molar-refractivity contribution in [1.29, 1.82) is 0 Å². The van der Waals surface area contributed by atoms with Crippen LogP contribution in [0.2, 0.25) is 0 Å². The standard InChI is InChI=1S/C23H24N4O2/c1-3-16-12-19(13-17(4-1)25-16)29-22-8-7-21-20-6-5-18(27-10-2-9-24-27)11-15(20)14-28-23(21)26-22/h2,5-11,16-17,19,25H,1,3-4,12-14H2. The number of pyridine rings is 1. The van der Waals surface area contributed by atoms with E-state index in [1.54, 1.807) is 6.20 Å². The Balaban J connectivity index is 1.24. The summed E-state index contributed by atoms with van der Waals surface area (Å²) in [5, 5.41) is 8.02. The molecule has 0 radical (unpaired) electrons. The largest absolute Gasteiger partial charge is 0.474 e. The van der Waals surface area contributed by atoms with Crippen molar-refractivity contribution >= 4 is 0 Å². The molecule has 0 aliphatic carbocycles. The van der Waals surface area contributed by atoms with E-state index in [2.05, 4.69) is 34.7 Å². The molecular formula is C23H24N4O2. The number of ether oxygens (including phenoxy) is 2. The Labute approximate surface area is 169 Å². The topological polar surface area (TPSA) is 61.2 Å². The Morgan fingerprint density at radius 1 is 1.07 bits per heavy atom. The molecule has 1 aromatic carbocycles. The third-order valence-electron chi connectivity index (χ3n) is 6.31. The van der Waals surface area contributed by atoms with Crippen LogP contribution in [0.4, 0.5) is 0 Å². The van der Waals surface area contributed by atoms with Gasteiger partial charge in [0.1, 0.15) is 12.7 Å². The molecule has 0 spiro atoms. The van der Waals surface area contributed by atoms with E-state index >= 15 is 0 Å². The maximum absolute atomic E-state index is 6.27. The molecule has 2 saturated heterocycles. The van der Waals surface area contributed by atoms with Crippen LogP contribution in [0.25, 0.3) is 16.8 Å². The van der Waals surface area contributed by atoms with Gasteiger partial charge in [-0.25, -0.2) is 4.68 Å². The van der Waals surface area contributed by atoms with Gasteiger partial charge < -0.3 is 14.8 Å². The van der Waals surface area contributed by atoms with Gasteiger partial charge in [-0.05, 0) is 61.1 Å². The normalized spacial score (nSPS) is 24.9. The molecule has 2 bridgehead atoms. The highest BCUT2D eigenvalue weighted by Crippen LogP contribution is 2.38. The first-order valence-corrected chi connectivity index (χ1v) is 10.5. The lowest BCUT2D eigenvalue weighted by Crippen LogP contribution is -2.51. The van der Waals surface area contributed by atoms with E-state index in [0.29, 0.717) is 30.5 Å². The van der Waals surface area contributed by atoms with E-state index in [9.17, 15) is 0 Å². The zero-order chi connectivity index (χ0) is 19.2. The minimum Gasteiger partial charge on any atom is -0.474 e. The molecule has 5 heterocycles. The van der Waals surface area contributed by atoms with Gasteiger partial charge in [0.2, 0.25) is 11.8 Å². The summed E-state index contributed by atoms with van der Waals surface area (Å²) < 4.78 is 14.1. The van der Waals surface area contributed by atoms with Gasteiger partial charge in [-0.3, -0.25) is 0 Å². The molecule has 0 amide bonds. The van der Waals surface area contributed by atoms with Crippen LogP contribution in [0, 0.1) is 0 Å². The van der Waals surface area contributed by atoms with Crippen molar-refractivity contribution in [1.82, 2.24) is 20.1 Å². The molecule has 29 heavy (non-hydrogen) atoms. The number of aromatic nitrogens is 3. The summed E-state index contributed by atoms with van der Waals surface area (Å²) in [6.45, 7) is 0.505. The maximum Gasteiger partial charge on any atom is 0.225 e. The zero-order valence-corrected chi connectivity index (χ0v) is 16.3. The quantitative estimate of drug-likeness (QED) is 0.738. The fourth-order valence-electron chi connectivity index (χ4n) is 4.96. The Morgan fingerprint density at radius 3 is 2.76 bits per heavy atom. The van der Waals surface area contributed by atoms with Crippen LogP contribution in [-0.2, 0) is 6.61 Å². The summed E-state index contributed by atoms with van der Waals surface area (Å²) >= 11 is 0. The van der Waals surface area contributed by atoms with Crippen LogP contribution in [0.1, 0.15) is 37.7 Å². The molecule has 3 aliphatic heterocycles. The Hall–Kier alpha value is -2.86. The van der Waals surface area contributed by atoms with E-state index in [1.807, 2.05) is 23.0 Å². The van der Waals surface area contributed by atoms with Gasteiger partial charge in [0.25, 0.3) is 0 Å². The number of fused-ring (bicyclic) bond motifs is 5. The second-order valence-electron chi connectivity index (χ2n) is 8.29. The number of hydrogen-bond donors (Lipinski definition) is 1. The van der Waals surface area contributed by atoms with Gasteiger partial charge in [-0.15, -0.1) is 0 Å². The monoisotopic (exact) mass is 388 g/mol. The van der Waals surface area contributed by atoms with Crippen molar-refractivity contribution in [2.75, 3.05) is 0 Å². The van der Waals surface area contributed by atoms with Gasteiger partial charge in [-0.2, -0.15) is 10.1 Å². The molecule has 2 atom stereocenters. The molecule has 2 fully saturated rings. The molecule has 2 unspecified atom stereocenters. The predicted octanol–water partition coefficient (Wildman–Crippen LogP) is 3.88. The Kier molecular flexibility index (Phi) is 4.04. The number of piperidine rings is 2. The number of nitrogens with zero attached hydrogens (tertiary/aromatic N) is 3. The summed E-state index contributed by atoms with van der Waals surface area (Å²) in [5.41, 5.74) is 4.36. The number of benzene rings is 1. The van der Waals surface area contributed by atoms with E-state index in [0.717, 1.165) is 35.2 Å². The fourth-order valence-corrected chi connectivity index (χ4v) is 4.96. The van der Waals surface area contributed by atoms with E-state index < -0.39 is 0 Å². The smallest absolute Gasteiger partial charge is 0.225 e. The second-order valence-corrected chi connectivity index (χ2v) is 8.29. The molecule has 3 aliphatic rings. The van der Waals surface area contributed by atoms with E-state index in [4.69, 9.17) is 14.5 Å². The second kappa shape index (κ2) is 6.88. The molecule has 148 valence electrons. The molecule has 6 rings (SSSR count).